The molecule has 0 spiro atoms. The summed E-state index contributed by atoms with van der Waals surface area (Å²) in [6.45, 7) is 8.60. The van der Waals surface area contributed by atoms with Gasteiger partial charge in [0.05, 0.1) is 6.61 Å². The molecule has 0 aromatic heterocycles. The Bertz CT molecular complexity index is 435. The summed E-state index contributed by atoms with van der Waals surface area (Å²) < 4.78 is 10.3. The second-order valence-corrected chi connectivity index (χ2v) is 4.64. The molecule has 0 atom stereocenters. The van der Waals surface area contributed by atoms with Gasteiger partial charge in [0.2, 0.25) is 0 Å². The molecule has 0 bridgehead atoms. The molecule has 6 nitrogen and oxygen atoms in total. The first-order valence-corrected chi connectivity index (χ1v) is 6.71. The molecule has 4 N–H and O–H groups in total. The maximum absolute atomic E-state index is 11.9. The number of esters is 1. The van der Waals surface area contributed by atoms with Crippen molar-refractivity contribution in [1.29, 1.82) is 0 Å². The Kier molecular flexibility index (Phi) is 6.24. The molecule has 112 valence electrons. The average Bonchev–Trinajstić information content (AvgIpc) is 2.44. The summed E-state index contributed by atoms with van der Waals surface area (Å²) in [6, 6.07) is 0. The van der Waals surface area contributed by atoms with Crippen LogP contribution in [0.25, 0.3) is 0 Å². The lowest BCUT2D eigenvalue weighted by Crippen LogP contribution is -2.30. The molecule has 0 radical (unpaired) electrons. The molecule has 0 aromatic rings. The van der Waals surface area contributed by atoms with Crippen LogP contribution in [0.2, 0.25) is 0 Å². The van der Waals surface area contributed by atoms with Crippen molar-refractivity contribution in [2.45, 2.75) is 26.7 Å². The van der Waals surface area contributed by atoms with Gasteiger partial charge in [-0.3, -0.25) is 0 Å². The van der Waals surface area contributed by atoms with Crippen LogP contribution in [-0.2, 0) is 14.3 Å². The first-order valence-electron chi connectivity index (χ1n) is 6.71. The van der Waals surface area contributed by atoms with E-state index in [4.69, 9.17) is 20.9 Å². The van der Waals surface area contributed by atoms with Crippen LogP contribution in [0.15, 0.2) is 28.5 Å². The summed E-state index contributed by atoms with van der Waals surface area (Å²) in [5.41, 5.74) is 12.5. The Balaban J connectivity index is 3.02. The van der Waals surface area contributed by atoms with E-state index in [1.54, 1.807) is 13.8 Å². The lowest BCUT2D eigenvalue weighted by Gasteiger charge is -2.21. The van der Waals surface area contributed by atoms with Gasteiger partial charge in [0, 0.05) is 30.4 Å². The molecular weight excluding hydrogens is 258 g/mol. The number of hydrogen-bond donors (Lipinski definition) is 2. The minimum atomic E-state index is -0.536. The van der Waals surface area contributed by atoms with Gasteiger partial charge < -0.3 is 20.9 Å². The Morgan fingerprint density at radius 3 is 2.50 bits per heavy atom. The van der Waals surface area contributed by atoms with E-state index in [1.807, 2.05) is 0 Å². The molecule has 0 amide bonds. The Morgan fingerprint density at radius 1 is 1.40 bits per heavy atom. The minimum Gasteiger partial charge on any atom is -0.461 e. The van der Waals surface area contributed by atoms with Gasteiger partial charge in [-0.25, -0.2) is 9.79 Å². The van der Waals surface area contributed by atoms with E-state index in [0.29, 0.717) is 24.6 Å². The van der Waals surface area contributed by atoms with E-state index >= 15 is 0 Å². The summed E-state index contributed by atoms with van der Waals surface area (Å²) in [4.78, 5) is 16.2. The predicted octanol–water partition coefficient (Wildman–Crippen LogP) is 1.08. The molecule has 0 unspecified atom stereocenters. The SMILES string of the molecule is C=C(N)/C(C)=C(\N=C(N)C1CCOCC1)C(=O)OCC. The van der Waals surface area contributed by atoms with Crippen molar-refractivity contribution in [3.05, 3.63) is 23.5 Å². The van der Waals surface area contributed by atoms with Crippen LogP contribution >= 0.6 is 0 Å². The van der Waals surface area contributed by atoms with Crippen LogP contribution in [-0.4, -0.2) is 31.6 Å². The molecule has 1 saturated heterocycles. The normalized spacial score (nSPS) is 18.4. The van der Waals surface area contributed by atoms with Crippen LogP contribution in [0.1, 0.15) is 26.7 Å². The molecule has 0 saturated carbocycles. The molecular formula is C14H23N3O3. The first-order chi connectivity index (χ1) is 9.47. The molecule has 1 aliphatic heterocycles. The standard InChI is InChI=1S/C14H23N3O3/c1-4-20-14(18)12(9(2)10(3)15)17-13(16)11-5-7-19-8-6-11/h11H,3-8,15H2,1-2H3,(H2,16,17)/b12-9-. The predicted molar refractivity (Wildman–Crippen MR) is 77.8 cm³/mol. The second kappa shape index (κ2) is 7.69. The van der Waals surface area contributed by atoms with Gasteiger partial charge in [-0.15, -0.1) is 0 Å². The zero-order valence-electron chi connectivity index (χ0n) is 12.1. The fourth-order valence-corrected chi connectivity index (χ4v) is 1.85. The fraction of sp³-hybridized carbons (Fsp3) is 0.571. The molecule has 1 aliphatic rings. The topological polar surface area (TPSA) is 99.9 Å². The van der Waals surface area contributed by atoms with Crippen LogP contribution in [0.3, 0.4) is 0 Å². The third kappa shape index (κ3) is 4.38. The smallest absolute Gasteiger partial charge is 0.357 e. The van der Waals surface area contributed by atoms with Crippen molar-refractivity contribution in [3.63, 3.8) is 0 Å². The number of ether oxygens (including phenoxy) is 2. The number of carbonyl (C=O) groups is 1. The van der Waals surface area contributed by atoms with Crippen molar-refractivity contribution in [2.24, 2.45) is 22.4 Å². The highest BCUT2D eigenvalue weighted by molar-refractivity contribution is 5.95. The molecule has 6 heteroatoms. The van der Waals surface area contributed by atoms with Crippen molar-refractivity contribution in [1.82, 2.24) is 0 Å². The molecule has 20 heavy (non-hydrogen) atoms. The van der Waals surface area contributed by atoms with E-state index in [0.717, 1.165) is 12.8 Å². The van der Waals surface area contributed by atoms with Gasteiger partial charge >= 0.3 is 5.97 Å². The number of aliphatic imine (C=N–C) groups is 1. The van der Waals surface area contributed by atoms with Crippen LogP contribution in [0.4, 0.5) is 0 Å². The lowest BCUT2D eigenvalue weighted by atomic mass is 9.99. The van der Waals surface area contributed by atoms with Crippen LogP contribution < -0.4 is 11.5 Å². The van der Waals surface area contributed by atoms with Crippen molar-refractivity contribution >= 4 is 11.8 Å². The second-order valence-electron chi connectivity index (χ2n) is 4.64. The van der Waals surface area contributed by atoms with Crippen LogP contribution in [0, 0.1) is 5.92 Å². The number of nitrogens with zero attached hydrogens (tertiary/aromatic N) is 1. The Labute approximate surface area is 119 Å². The van der Waals surface area contributed by atoms with Crippen molar-refractivity contribution in [3.8, 4) is 0 Å². The Morgan fingerprint density at radius 2 is 2.00 bits per heavy atom. The third-order valence-electron chi connectivity index (χ3n) is 3.19. The Hall–Kier alpha value is -1.82. The molecule has 0 aliphatic carbocycles. The summed E-state index contributed by atoms with van der Waals surface area (Å²) in [6.07, 6.45) is 1.60. The number of rotatable bonds is 5. The minimum absolute atomic E-state index is 0.118. The zero-order chi connectivity index (χ0) is 15.1. The molecule has 1 heterocycles. The zero-order valence-corrected chi connectivity index (χ0v) is 12.1. The maximum Gasteiger partial charge on any atom is 0.357 e. The quantitative estimate of drug-likeness (QED) is 0.258. The van der Waals surface area contributed by atoms with Gasteiger partial charge in [-0.05, 0) is 26.7 Å². The highest BCUT2D eigenvalue weighted by atomic mass is 16.5. The molecule has 1 fully saturated rings. The van der Waals surface area contributed by atoms with E-state index in [-0.39, 0.29) is 23.9 Å². The molecule has 1 rings (SSSR count). The molecule has 0 aromatic carbocycles. The fourth-order valence-electron chi connectivity index (χ4n) is 1.85. The number of allylic oxidation sites excluding steroid dienone is 1. The van der Waals surface area contributed by atoms with Gasteiger partial charge in [0.25, 0.3) is 0 Å². The monoisotopic (exact) mass is 281 g/mol. The highest BCUT2D eigenvalue weighted by Gasteiger charge is 2.21. The third-order valence-corrected chi connectivity index (χ3v) is 3.19. The summed E-state index contributed by atoms with van der Waals surface area (Å²) in [5, 5.41) is 0. The van der Waals surface area contributed by atoms with E-state index in [1.165, 1.54) is 0 Å². The number of nitrogens with two attached hydrogens (primary N) is 2. The van der Waals surface area contributed by atoms with E-state index in [9.17, 15) is 4.79 Å². The number of hydrogen-bond acceptors (Lipinski definition) is 5. The lowest BCUT2D eigenvalue weighted by molar-refractivity contribution is -0.138. The van der Waals surface area contributed by atoms with E-state index < -0.39 is 5.97 Å². The van der Waals surface area contributed by atoms with Crippen molar-refractivity contribution in [2.75, 3.05) is 19.8 Å². The first kappa shape index (κ1) is 16.2. The van der Waals surface area contributed by atoms with Gasteiger partial charge in [-0.1, -0.05) is 6.58 Å². The van der Waals surface area contributed by atoms with E-state index in [2.05, 4.69) is 11.6 Å². The highest BCUT2D eigenvalue weighted by Crippen LogP contribution is 2.18. The summed E-state index contributed by atoms with van der Waals surface area (Å²) in [7, 11) is 0. The summed E-state index contributed by atoms with van der Waals surface area (Å²) >= 11 is 0. The van der Waals surface area contributed by atoms with Crippen molar-refractivity contribution < 1.29 is 14.3 Å². The largest absolute Gasteiger partial charge is 0.461 e. The maximum atomic E-state index is 11.9. The van der Waals surface area contributed by atoms with Gasteiger partial charge in [-0.2, -0.15) is 0 Å². The number of carbonyl (C=O) groups excluding carboxylic acids is 1. The average molecular weight is 281 g/mol. The number of amidine groups is 1. The van der Waals surface area contributed by atoms with Gasteiger partial charge in [0.1, 0.15) is 5.84 Å². The van der Waals surface area contributed by atoms with Gasteiger partial charge in [0.15, 0.2) is 5.70 Å². The summed E-state index contributed by atoms with van der Waals surface area (Å²) in [5.74, 6) is -0.00409. The van der Waals surface area contributed by atoms with Crippen LogP contribution in [0.5, 0.6) is 0 Å².